The highest BCUT2D eigenvalue weighted by Crippen LogP contribution is 2.16. The molecule has 2 N–H and O–H groups in total. The van der Waals surface area contributed by atoms with Crippen molar-refractivity contribution >= 4 is 17.7 Å². The lowest BCUT2D eigenvalue weighted by atomic mass is 10.1. The largest absolute Gasteiger partial charge is 0.508 e. The number of phenolic OH excluding ortho intramolecular Hbond substituents is 1. The predicted molar refractivity (Wildman–Crippen MR) is 106 cm³/mol. The Balaban J connectivity index is 1.95. The zero-order valence-electron chi connectivity index (χ0n) is 15.4. The van der Waals surface area contributed by atoms with Crippen LogP contribution in [0.25, 0.3) is 11.8 Å². The molecule has 0 aliphatic heterocycles. The first kappa shape index (κ1) is 18.7. The van der Waals surface area contributed by atoms with E-state index in [0.29, 0.717) is 16.9 Å². The molecule has 0 radical (unpaired) electrons. The van der Waals surface area contributed by atoms with E-state index in [1.54, 1.807) is 42.9 Å². The van der Waals surface area contributed by atoms with Crippen LogP contribution in [0.5, 0.6) is 5.75 Å². The maximum Gasteiger partial charge on any atom is 0.295 e. The van der Waals surface area contributed by atoms with E-state index in [4.69, 9.17) is 0 Å². The number of nitrogens with zero attached hydrogens (tertiary/aromatic N) is 3. The molecular formula is C21H18N4O3. The third kappa shape index (κ3) is 3.57. The highest BCUT2D eigenvalue weighted by Gasteiger charge is 2.19. The Morgan fingerprint density at radius 1 is 1.14 bits per heavy atom. The normalized spacial score (nSPS) is 11.1. The lowest BCUT2D eigenvalue weighted by Gasteiger charge is -2.07. The first-order valence-electron chi connectivity index (χ1n) is 8.48. The van der Waals surface area contributed by atoms with Crippen molar-refractivity contribution in [2.45, 2.75) is 6.92 Å². The summed E-state index contributed by atoms with van der Waals surface area (Å²) in [6.45, 7) is 1.71. The second kappa shape index (κ2) is 7.68. The van der Waals surface area contributed by atoms with Crippen molar-refractivity contribution in [3.63, 3.8) is 0 Å². The van der Waals surface area contributed by atoms with Gasteiger partial charge in [0.25, 0.3) is 11.5 Å². The Kier molecular flexibility index (Phi) is 5.14. The molecule has 0 unspecified atom stereocenters. The van der Waals surface area contributed by atoms with Crippen LogP contribution in [0.1, 0.15) is 11.3 Å². The van der Waals surface area contributed by atoms with E-state index in [1.807, 2.05) is 24.3 Å². The SMILES string of the molecule is Cc1c(NC(=O)C(C#N)=Cc2ccc(O)cc2)c(=O)n(-c2ccccc2)n1C. The fraction of sp³-hybridized carbons (Fsp3) is 0.0952. The maximum absolute atomic E-state index is 12.9. The molecule has 7 heteroatoms. The fourth-order valence-electron chi connectivity index (χ4n) is 2.78. The Morgan fingerprint density at radius 3 is 2.39 bits per heavy atom. The minimum atomic E-state index is -0.679. The summed E-state index contributed by atoms with van der Waals surface area (Å²) in [6, 6.07) is 17.0. The first-order chi connectivity index (χ1) is 13.4. The van der Waals surface area contributed by atoms with Gasteiger partial charge in [0, 0.05) is 7.05 Å². The van der Waals surface area contributed by atoms with Gasteiger partial charge in [0.1, 0.15) is 23.1 Å². The summed E-state index contributed by atoms with van der Waals surface area (Å²) in [5, 5.41) is 21.2. The van der Waals surface area contributed by atoms with Gasteiger partial charge in [-0.05, 0) is 42.8 Å². The highest BCUT2D eigenvalue weighted by molar-refractivity contribution is 6.09. The number of anilines is 1. The van der Waals surface area contributed by atoms with E-state index in [9.17, 15) is 20.0 Å². The third-order valence-electron chi connectivity index (χ3n) is 4.36. The molecule has 1 amide bonds. The van der Waals surface area contributed by atoms with E-state index >= 15 is 0 Å². The minimum absolute atomic E-state index is 0.0847. The molecule has 0 aliphatic rings. The lowest BCUT2D eigenvalue weighted by molar-refractivity contribution is -0.112. The minimum Gasteiger partial charge on any atom is -0.508 e. The number of carbonyl (C=O) groups is 1. The molecule has 28 heavy (non-hydrogen) atoms. The average molecular weight is 374 g/mol. The van der Waals surface area contributed by atoms with E-state index in [1.165, 1.54) is 22.9 Å². The van der Waals surface area contributed by atoms with Gasteiger partial charge in [-0.1, -0.05) is 30.3 Å². The van der Waals surface area contributed by atoms with Crippen molar-refractivity contribution in [2.75, 3.05) is 5.32 Å². The molecule has 140 valence electrons. The molecule has 0 saturated heterocycles. The lowest BCUT2D eigenvalue weighted by Crippen LogP contribution is -2.23. The second-order valence-electron chi connectivity index (χ2n) is 6.15. The smallest absolute Gasteiger partial charge is 0.295 e. The third-order valence-corrected chi connectivity index (χ3v) is 4.36. The van der Waals surface area contributed by atoms with Crippen molar-refractivity contribution in [3.05, 3.63) is 81.8 Å². The van der Waals surface area contributed by atoms with Gasteiger partial charge in [0.05, 0.1) is 11.4 Å². The summed E-state index contributed by atoms with van der Waals surface area (Å²) in [4.78, 5) is 25.4. The van der Waals surface area contributed by atoms with Crippen LogP contribution in [-0.4, -0.2) is 20.4 Å². The van der Waals surface area contributed by atoms with Crippen LogP contribution in [0.15, 0.2) is 65.0 Å². The Morgan fingerprint density at radius 2 is 1.79 bits per heavy atom. The van der Waals surface area contributed by atoms with E-state index in [0.717, 1.165) is 0 Å². The highest BCUT2D eigenvalue weighted by atomic mass is 16.3. The van der Waals surface area contributed by atoms with Gasteiger partial charge in [-0.2, -0.15) is 5.26 Å². The Bertz CT molecular complexity index is 1150. The summed E-state index contributed by atoms with van der Waals surface area (Å²) in [5.41, 5.74) is 1.38. The van der Waals surface area contributed by atoms with Crippen LogP contribution >= 0.6 is 0 Å². The van der Waals surface area contributed by atoms with Gasteiger partial charge in [0.2, 0.25) is 0 Å². The molecule has 3 rings (SSSR count). The Labute approximate surface area is 161 Å². The van der Waals surface area contributed by atoms with Gasteiger partial charge < -0.3 is 10.4 Å². The van der Waals surface area contributed by atoms with Crippen molar-refractivity contribution in [1.82, 2.24) is 9.36 Å². The van der Waals surface area contributed by atoms with Crippen molar-refractivity contribution in [3.8, 4) is 17.5 Å². The zero-order chi connectivity index (χ0) is 20.3. The summed E-state index contributed by atoms with van der Waals surface area (Å²) in [7, 11) is 1.72. The molecule has 3 aromatic rings. The molecule has 1 heterocycles. The molecule has 7 nitrogen and oxygen atoms in total. The van der Waals surface area contributed by atoms with E-state index < -0.39 is 5.91 Å². The molecule has 0 saturated carbocycles. The van der Waals surface area contributed by atoms with Crippen LogP contribution in [0.4, 0.5) is 5.69 Å². The number of para-hydroxylation sites is 1. The molecule has 0 spiro atoms. The van der Waals surface area contributed by atoms with Crippen molar-refractivity contribution in [2.24, 2.45) is 7.05 Å². The molecule has 2 aromatic carbocycles. The molecular weight excluding hydrogens is 356 g/mol. The number of nitrogens with one attached hydrogen (secondary N) is 1. The summed E-state index contributed by atoms with van der Waals surface area (Å²) < 4.78 is 3.09. The molecule has 0 aliphatic carbocycles. The van der Waals surface area contributed by atoms with Crippen LogP contribution in [0.3, 0.4) is 0 Å². The average Bonchev–Trinajstić information content (AvgIpc) is 2.91. The summed E-state index contributed by atoms with van der Waals surface area (Å²) in [5.74, 6) is -0.594. The topological polar surface area (TPSA) is 100 Å². The van der Waals surface area contributed by atoms with E-state index in [2.05, 4.69) is 5.32 Å². The van der Waals surface area contributed by atoms with Crippen LogP contribution in [-0.2, 0) is 11.8 Å². The number of hydrogen-bond donors (Lipinski definition) is 2. The number of carbonyl (C=O) groups excluding carboxylic acids is 1. The summed E-state index contributed by atoms with van der Waals surface area (Å²) >= 11 is 0. The molecule has 0 bridgehead atoms. The number of aromatic hydroxyl groups is 1. The fourth-order valence-corrected chi connectivity index (χ4v) is 2.78. The predicted octanol–water partition coefficient (Wildman–Crippen LogP) is 2.74. The number of amides is 1. The van der Waals surface area contributed by atoms with Gasteiger partial charge in [0.15, 0.2) is 0 Å². The maximum atomic E-state index is 12.9. The first-order valence-corrected chi connectivity index (χ1v) is 8.48. The van der Waals surface area contributed by atoms with E-state index in [-0.39, 0.29) is 22.6 Å². The van der Waals surface area contributed by atoms with Gasteiger partial charge >= 0.3 is 0 Å². The van der Waals surface area contributed by atoms with Gasteiger partial charge in [-0.3, -0.25) is 14.3 Å². The van der Waals surface area contributed by atoms with Crippen molar-refractivity contribution in [1.29, 1.82) is 5.26 Å². The molecule has 0 fully saturated rings. The van der Waals surface area contributed by atoms with Crippen molar-refractivity contribution < 1.29 is 9.90 Å². The van der Waals surface area contributed by atoms with Crippen LogP contribution < -0.4 is 10.9 Å². The number of nitriles is 1. The van der Waals surface area contributed by atoms with Crippen LogP contribution in [0, 0.1) is 18.3 Å². The molecule has 1 aromatic heterocycles. The number of aromatic nitrogens is 2. The number of benzene rings is 2. The quantitative estimate of drug-likeness (QED) is 0.542. The van der Waals surface area contributed by atoms with Crippen LogP contribution in [0.2, 0.25) is 0 Å². The second-order valence-corrected chi connectivity index (χ2v) is 6.15. The number of rotatable bonds is 4. The zero-order valence-corrected chi connectivity index (χ0v) is 15.4. The number of hydrogen-bond acceptors (Lipinski definition) is 4. The summed E-state index contributed by atoms with van der Waals surface area (Å²) in [6.07, 6.45) is 1.39. The Hall–Kier alpha value is -4.05. The monoisotopic (exact) mass is 374 g/mol. The standard InChI is InChI=1S/C21H18N4O3/c1-14-19(21(28)25(24(14)2)17-6-4-3-5-7-17)23-20(27)16(13-22)12-15-8-10-18(26)11-9-15/h3-12,26H,1-2H3,(H,23,27). The number of phenols is 1. The molecule has 0 atom stereocenters. The van der Waals surface area contributed by atoms with Gasteiger partial charge in [-0.15, -0.1) is 0 Å². The van der Waals surface area contributed by atoms with Gasteiger partial charge in [-0.25, -0.2) is 4.68 Å².